The van der Waals surface area contributed by atoms with Crippen LogP contribution in [0.4, 0.5) is 0 Å². The second-order valence-electron chi connectivity index (χ2n) is 6.40. The van der Waals surface area contributed by atoms with Gasteiger partial charge in [0, 0.05) is 0 Å². The largest absolute Gasteiger partial charge is 0.107 e. The molecule has 22 heavy (non-hydrogen) atoms. The lowest BCUT2D eigenvalue weighted by atomic mass is 10.2. The first-order chi connectivity index (χ1) is 10.8. The minimum atomic E-state index is -0.237. The fourth-order valence-corrected chi connectivity index (χ4v) is 8.89. The van der Waals surface area contributed by atoms with Gasteiger partial charge >= 0.3 is 0 Å². The second-order valence-corrected chi connectivity index (χ2v) is 11.7. The van der Waals surface area contributed by atoms with Crippen molar-refractivity contribution in [1.29, 1.82) is 0 Å². The molecular formula is C20H26P2. The summed E-state index contributed by atoms with van der Waals surface area (Å²) in [7, 11) is 0.0499. The summed E-state index contributed by atoms with van der Waals surface area (Å²) in [6.07, 6.45) is 5.85. The molecule has 0 bridgehead atoms. The van der Waals surface area contributed by atoms with Crippen LogP contribution in [-0.2, 0) is 0 Å². The van der Waals surface area contributed by atoms with Crippen LogP contribution in [0.2, 0.25) is 0 Å². The summed E-state index contributed by atoms with van der Waals surface area (Å²) >= 11 is 0. The number of benzene rings is 2. The van der Waals surface area contributed by atoms with Crippen LogP contribution in [0.25, 0.3) is 0 Å². The lowest BCUT2D eigenvalue weighted by Crippen LogP contribution is -2.22. The van der Waals surface area contributed by atoms with Gasteiger partial charge < -0.3 is 0 Å². The Bertz CT molecular complexity index is 527. The van der Waals surface area contributed by atoms with Crippen LogP contribution in [-0.4, -0.2) is 24.1 Å². The van der Waals surface area contributed by atoms with Crippen LogP contribution >= 0.6 is 15.8 Å². The Balaban J connectivity index is 1.85. The quantitative estimate of drug-likeness (QED) is 0.664. The maximum absolute atomic E-state index is 2.52. The summed E-state index contributed by atoms with van der Waals surface area (Å²) in [4.78, 5) is 0. The number of rotatable bonds is 5. The van der Waals surface area contributed by atoms with Gasteiger partial charge in [0.25, 0.3) is 0 Å². The maximum atomic E-state index is 2.52. The maximum Gasteiger partial charge on any atom is -0.0151 e. The molecule has 2 aromatic carbocycles. The van der Waals surface area contributed by atoms with E-state index in [2.05, 4.69) is 74.3 Å². The van der Waals surface area contributed by atoms with Gasteiger partial charge in [-0.2, -0.15) is 0 Å². The van der Waals surface area contributed by atoms with Gasteiger partial charge in [-0.1, -0.05) is 67.6 Å². The molecule has 0 radical (unpaired) electrons. The molecule has 3 atom stereocenters. The molecule has 0 spiro atoms. The molecule has 1 saturated heterocycles. The van der Waals surface area contributed by atoms with Crippen molar-refractivity contribution >= 4 is 26.5 Å². The number of hydrogen-bond donors (Lipinski definition) is 0. The third-order valence-corrected chi connectivity index (χ3v) is 10.3. The predicted molar refractivity (Wildman–Crippen MR) is 104 cm³/mol. The lowest BCUT2D eigenvalue weighted by Gasteiger charge is -2.29. The molecule has 1 aliphatic heterocycles. The molecule has 3 rings (SSSR count). The van der Waals surface area contributed by atoms with E-state index in [9.17, 15) is 0 Å². The Morgan fingerprint density at radius 1 is 1.00 bits per heavy atom. The van der Waals surface area contributed by atoms with Crippen molar-refractivity contribution in [3.05, 3.63) is 60.7 Å². The second kappa shape index (κ2) is 7.72. The van der Waals surface area contributed by atoms with Crippen LogP contribution in [0, 0.1) is 0 Å². The zero-order valence-electron chi connectivity index (χ0n) is 13.7. The normalized spacial score (nSPS) is 22.9. The minimum Gasteiger partial charge on any atom is -0.107 e. The summed E-state index contributed by atoms with van der Waals surface area (Å²) in [6, 6.07) is 22.4. The Morgan fingerprint density at radius 3 is 2.00 bits per heavy atom. The zero-order valence-corrected chi connectivity index (χ0v) is 15.4. The molecule has 1 aliphatic rings. The van der Waals surface area contributed by atoms with Crippen LogP contribution in [0.15, 0.2) is 60.7 Å². The highest BCUT2D eigenvalue weighted by atomic mass is 31.1. The summed E-state index contributed by atoms with van der Waals surface area (Å²) < 4.78 is 0. The van der Waals surface area contributed by atoms with Crippen molar-refractivity contribution in [2.24, 2.45) is 0 Å². The van der Waals surface area contributed by atoms with E-state index in [4.69, 9.17) is 0 Å². The molecule has 0 aliphatic carbocycles. The van der Waals surface area contributed by atoms with Gasteiger partial charge in [-0.3, -0.25) is 0 Å². The van der Waals surface area contributed by atoms with Crippen molar-refractivity contribution in [1.82, 2.24) is 0 Å². The molecule has 1 fully saturated rings. The molecule has 1 heterocycles. The van der Waals surface area contributed by atoms with E-state index >= 15 is 0 Å². The van der Waals surface area contributed by atoms with Gasteiger partial charge in [-0.25, -0.2) is 0 Å². The summed E-state index contributed by atoms with van der Waals surface area (Å²) in [5.74, 6) is 0. The molecular weight excluding hydrogens is 302 g/mol. The van der Waals surface area contributed by atoms with E-state index in [0.717, 1.165) is 11.3 Å². The van der Waals surface area contributed by atoms with Crippen LogP contribution in [0.3, 0.4) is 0 Å². The number of hydrogen-bond acceptors (Lipinski definition) is 0. The first kappa shape index (κ1) is 16.2. The molecule has 0 amide bonds. The van der Waals surface area contributed by atoms with Gasteiger partial charge in [0.15, 0.2) is 0 Å². The molecule has 0 nitrogen and oxygen atoms in total. The van der Waals surface area contributed by atoms with Gasteiger partial charge in [0.05, 0.1) is 0 Å². The third-order valence-electron chi connectivity index (χ3n) is 4.79. The average Bonchev–Trinajstić information content (AvgIpc) is 2.95. The van der Waals surface area contributed by atoms with Gasteiger partial charge in [-0.15, -0.1) is 7.92 Å². The monoisotopic (exact) mass is 328 g/mol. The molecule has 0 unspecified atom stereocenters. The van der Waals surface area contributed by atoms with Crippen molar-refractivity contribution < 1.29 is 0 Å². The Morgan fingerprint density at radius 2 is 1.55 bits per heavy atom. The Labute approximate surface area is 137 Å². The fourth-order valence-electron chi connectivity index (χ4n) is 3.61. The van der Waals surface area contributed by atoms with Crippen molar-refractivity contribution in [3.63, 3.8) is 0 Å². The van der Waals surface area contributed by atoms with E-state index < -0.39 is 0 Å². The standard InChI is InChI=1S/C20H26P2/c1-17(16-20-14-9-15-21(20)2)22(18-10-5-3-6-11-18)19-12-7-4-8-13-19/h3-8,10-13,17,20H,9,14-16H2,1-2H3/t17-,20-,21-/m1/s1. The molecule has 0 aromatic heterocycles. The average molecular weight is 328 g/mol. The Kier molecular flexibility index (Phi) is 5.67. The molecule has 0 saturated carbocycles. The van der Waals surface area contributed by atoms with Crippen LogP contribution < -0.4 is 10.6 Å². The topological polar surface area (TPSA) is 0 Å². The van der Waals surface area contributed by atoms with Crippen LogP contribution in [0.1, 0.15) is 26.2 Å². The van der Waals surface area contributed by atoms with Crippen molar-refractivity contribution in [3.8, 4) is 0 Å². The van der Waals surface area contributed by atoms with E-state index in [1.165, 1.54) is 36.0 Å². The van der Waals surface area contributed by atoms with Crippen molar-refractivity contribution in [2.75, 3.05) is 12.8 Å². The first-order valence-corrected chi connectivity index (χ1v) is 11.8. The molecule has 2 heteroatoms. The first-order valence-electron chi connectivity index (χ1n) is 8.35. The molecule has 116 valence electrons. The smallest absolute Gasteiger partial charge is 0.0151 e. The highest BCUT2D eigenvalue weighted by Gasteiger charge is 2.28. The van der Waals surface area contributed by atoms with Crippen LogP contribution in [0.5, 0.6) is 0 Å². The zero-order chi connectivity index (χ0) is 15.4. The predicted octanol–water partition coefficient (Wildman–Crippen LogP) is 5.17. The fraction of sp³-hybridized carbons (Fsp3) is 0.400. The summed E-state index contributed by atoms with van der Waals surface area (Å²) in [5.41, 5.74) is 1.77. The van der Waals surface area contributed by atoms with E-state index in [1.54, 1.807) is 0 Å². The lowest BCUT2D eigenvalue weighted by molar-refractivity contribution is 0.705. The highest BCUT2D eigenvalue weighted by Crippen LogP contribution is 2.52. The molecule has 2 aromatic rings. The summed E-state index contributed by atoms with van der Waals surface area (Å²) in [6.45, 7) is 5.01. The third kappa shape index (κ3) is 3.79. The van der Waals surface area contributed by atoms with Crippen molar-refractivity contribution in [2.45, 2.75) is 37.5 Å². The van der Waals surface area contributed by atoms with Gasteiger partial charge in [0.1, 0.15) is 0 Å². The van der Waals surface area contributed by atoms with E-state index in [1.807, 2.05) is 0 Å². The van der Waals surface area contributed by atoms with Gasteiger partial charge in [-0.05, 0) is 61.9 Å². The van der Waals surface area contributed by atoms with E-state index in [0.29, 0.717) is 0 Å². The molecule has 0 N–H and O–H groups in total. The minimum absolute atomic E-state index is 0.237. The van der Waals surface area contributed by atoms with Gasteiger partial charge in [0.2, 0.25) is 0 Å². The summed E-state index contributed by atoms with van der Waals surface area (Å²) in [5, 5.41) is 3.07. The SMILES string of the molecule is C[C@H](C[C@H]1CCC[P@@]1C)P(c1ccccc1)c1ccccc1. The van der Waals surface area contributed by atoms with E-state index in [-0.39, 0.29) is 15.8 Å². The highest BCUT2D eigenvalue weighted by molar-refractivity contribution is 7.73. The Hall–Kier alpha value is -0.700.